The summed E-state index contributed by atoms with van der Waals surface area (Å²) in [6.45, 7) is 10.0. The van der Waals surface area contributed by atoms with Crippen molar-refractivity contribution in [3.05, 3.63) is 47.8 Å². The van der Waals surface area contributed by atoms with E-state index in [0.717, 1.165) is 47.4 Å². The summed E-state index contributed by atoms with van der Waals surface area (Å²) < 4.78 is 5.65. The maximum atomic E-state index is 12.0. The van der Waals surface area contributed by atoms with E-state index in [1.165, 1.54) is 17.3 Å². The van der Waals surface area contributed by atoms with Gasteiger partial charge in [0, 0.05) is 43.7 Å². The van der Waals surface area contributed by atoms with Crippen molar-refractivity contribution in [3.63, 3.8) is 0 Å². The van der Waals surface area contributed by atoms with Gasteiger partial charge in [-0.2, -0.15) is 15.1 Å². The lowest BCUT2D eigenvalue weighted by Crippen LogP contribution is -2.49. The van der Waals surface area contributed by atoms with Crippen LogP contribution >= 0.6 is 12.6 Å². The molecule has 0 radical (unpaired) electrons. The van der Waals surface area contributed by atoms with Crippen molar-refractivity contribution in [3.8, 4) is 6.01 Å². The summed E-state index contributed by atoms with van der Waals surface area (Å²) in [6.07, 6.45) is 5.14. The number of anilines is 2. The normalized spacial score (nSPS) is 16.4. The maximum Gasteiger partial charge on any atom is 0.319 e. The van der Waals surface area contributed by atoms with Crippen molar-refractivity contribution in [2.45, 2.75) is 26.3 Å². The molecule has 0 unspecified atom stereocenters. The first-order chi connectivity index (χ1) is 16.6. The first-order valence-corrected chi connectivity index (χ1v) is 12.2. The minimum Gasteiger partial charge on any atom is -0.453 e. The first kappa shape index (κ1) is 22.5. The molecule has 9 nitrogen and oxygen atoms in total. The molecule has 1 aromatic carbocycles. The monoisotopic (exact) mass is 479 g/mol. The van der Waals surface area contributed by atoms with E-state index in [-0.39, 0.29) is 11.8 Å². The van der Waals surface area contributed by atoms with E-state index < -0.39 is 0 Å². The van der Waals surface area contributed by atoms with Crippen LogP contribution in [0.15, 0.2) is 31.0 Å². The second kappa shape index (κ2) is 9.54. The molecule has 3 aromatic rings. The van der Waals surface area contributed by atoms with Gasteiger partial charge in [0.15, 0.2) is 0 Å². The Kier molecular flexibility index (Phi) is 6.32. The Morgan fingerprint density at radius 3 is 2.79 bits per heavy atom. The number of amides is 1. The molecular formula is C24H29N7O2S. The van der Waals surface area contributed by atoms with Crippen LogP contribution < -0.4 is 14.5 Å². The molecule has 4 heterocycles. The van der Waals surface area contributed by atoms with Crippen molar-refractivity contribution in [2.75, 3.05) is 48.5 Å². The lowest BCUT2D eigenvalue weighted by atomic mass is 10.1. The van der Waals surface area contributed by atoms with E-state index >= 15 is 0 Å². The summed E-state index contributed by atoms with van der Waals surface area (Å²) >= 11 is 4.22. The average molecular weight is 480 g/mol. The highest BCUT2D eigenvalue weighted by molar-refractivity contribution is 7.80. The number of benzene rings is 1. The van der Waals surface area contributed by atoms with Crippen molar-refractivity contribution < 1.29 is 9.53 Å². The highest BCUT2D eigenvalue weighted by Crippen LogP contribution is 2.35. The highest BCUT2D eigenvalue weighted by Gasteiger charge is 2.28. The van der Waals surface area contributed by atoms with Crippen LogP contribution in [-0.4, -0.2) is 69.6 Å². The van der Waals surface area contributed by atoms with Gasteiger partial charge in [-0.05, 0) is 37.5 Å². The fourth-order valence-corrected chi connectivity index (χ4v) is 5.08. The molecule has 34 heavy (non-hydrogen) atoms. The molecule has 2 aliphatic heterocycles. The van der Waals surface area contributed by atoms with Crippen LogP contribution in [0.25, 0.3) is 10.9 Å². The van der Waals surface area contributed by atoms with E-state index in [1.807, 2.05) is 11.1 Å². The van der Waals surface area contributed by atoms with Gasteiger partial charge in [-0.1, -0.05) is 12.6 Å². The molecule has 1 saturated heterocycles. The fourth-order valence-electron chi connectivity index (χ4n) is 4.96. The number of hydrogen-bond donors (Lipinski definition) is 2. The van der Waals surface area contributed by atoms with E-state index in [2.05, 4.69) is 58.3 Å². The Labute approximate surface area is 204 Å². The van der Waals surface area contributed by atoms with Gasteiger partial charge in [-0.15, -0.1) is 12.6 Å². The highest BCUT2D eigenvalue weighted by atomic mass is 32.1. The largest absolute Gasteiger partial charge is 0.453 e. The third-order valence-electron chi connectivity index (χ3n) is 6.62. The Bertz CT molecular complexity index is 1220. The zero-order valence-corrected chi connectivity index (χ0v) is 20.2. The van der Waals surface area contributed by atoms with Crippen LogP contribution in [0.1, 0.15) is 23.2 Å². The molecule has 10 heteroatoms. The lowest BCUT2D eigenvalue weighted by Gasteiger charge is -2.36. The zero-order chi connectivity index (χ0) is 23.7. The summed E-state index contributed by atoms with van der Waals surface area (Å²) in [5.41, 5.74) is 5.56. The van der Waals surface area contributed by atoms with Crippen molar-refractivity contribution in [1.82, 2.24) is 25.1 Å². The van der Waals surface area contributed by atoms with Crippen LogP contribution in [0.4, 0.5) is 11.5 Å². The van der Waals surface area contributed by atoms with Gasteiger partial charge >= 0.3 is 6.01 Å². The molecule has 0 aliphatic carbocycles. The number of aromatic amines is 1. The van der Waals surface area contributed by atoms with Gasteiger partial charge in [0.2, 0.25) is 5.91 Å². The van der Waals surface area contributed by atoms with Crippen LogP contribution in [0, 0.1) is 6.92 Å². The Morgan fingerprint density at radius 2 is 2.03 bits per heavy atom. The number of thiol groups is 1. The number of ether oxygens (including phenoxy) is 1. The molecular weight excluding hydrogens is 450 g/mol. The predicted octanol–water partition coefficient (Wildman–Crippen LogP) is 2.71. The molecule has 2 aromatic heterocycles. The molecule has 178 valence electrons. The first-order valence-electron chi connectivity index (χ1n) is 11.6. The number of nitrogens with zero attached hydrogens (tertiary/aromatic N) is 6. The molecule has 0 bridgehead atoms. The Morgan fingerprint density at radius 1 is 1.21 bits per heavy atom. The second-order valence-corrected chi connectivity index (χ2v) is 8.89. The summed E-state index contributed by atoms with van der Waals surface area (Å²) in [5.74, 6) is 1.09. The summed E-state index contributed by atoms with van der Waals surface area (Å²) in [4.78, 5) is 28.1. The van der Waals surface area contributed by atoms with Crippen LogP contribution in [-0.2, 0) is 17.8 Å². The van der Waals surface area contributed by atoms with E-state index in [4.69, 9.17) is 14.7 Å². The quantitative estimate of drug-likeness (QED) is 0.330. The van der Waals surface area contributed by atoms with Gasteiger partial charge in [-0.3, -0.25) is 9.89 Å². The SMILES string of the molecule is C=CC(=O)N1CCN(c2nc(OCS)nc3c2CCCN(c2c(C)ccc4[nH]ncc24)C3)CC1. The molecule has 2 aliphatic rings. The van der Waals surface area contributed by atoms with Gasteiger partial charge in [0.25, 0.3) is 0 Å². The molecule has 1 N–H and O–H groups in total. The minimum atomic E-state index is -0.0281. The van der Waals surface area contributed by atoms with Crippen molar-refractivity contribution in [2.24, 2.45) is 0 Å². The van der Waals surface area contributed by atoms with E-state index in [1.54, 1.807) is 0 Å². The van der Waals surface area contributed by atoms with Crippen LogP contribution in [0.5, 0.6) is 6.01 Å². The summed E-state index contributed by atoms with van der Waals surface area (Å²) in [5, 5.41) is 8.46. The molecule has 1 fully saturated rings. The standard InChI is InChI=1S/C24H29N7O2S/c1-3-21(32)29-9-11-30(12-10-29)23-17-5-4-8-31(14-20(17)26-24(27-23)33-15-34)22-16(2)6-7-19-18(22)13-25-28-19/h3,6-7,13,34H,1,4-5,8-12,14-15H2,2H3,(H,25,28). The number of carbonyl (C=O) groups is 1. The van der Waals surface area contributed by atoms with Crippen molar-refractivity contribution >= 4 is 40.9 Å². The number of piperazine rings is 1. The second-order valence-electron chi connectivity index (χ2n) is 8.63. The van der Waals surface area contributed by atoms with Gasteiger partial charge in [-0.25, -0.2) is 0 Å². The number of aromatic nitrogens is 4. The molecule has 0 saturated carbocycles. The number of aryl methyl sites for hydroxylation is 1. The third-order valence-corrected chi connectivity index (χ3v) is 6.75. The lowest BCUT2D eigenvalue weighted by molar-refractivity contribution is -0.126. The van der Waals surface area contributed by atoms with Crippen LogP contribution in [0.2, 0.25) is 0 Å². The van der Waals surface area contributed by atoms with E-state index in [0.29, 0.717) is 38.7 Å². The number of rotatable bonds is 5. The third kappa shape index (κ3) is 4.18. The predicted molar refractivity (Wildman–Crippen MR) is 136 cm³/mol. The smallest absolute Gasteiger partial charge is 0.319 e. The number of nitrogens with one attached hydrogen (secondary N) is 1. The van der Waals surface area contributed by atoms with Crippen LogP contribution in [0.3, 0.4) is 0 Å². The van der Waals surface area contributed by atoms with Gasteiger partial charge < -0.3 is 19.4 Å². The van der Waals surface area contributed by atoms with Crippen molar-refractivity contribution in [1.29, 1.82) is 0 Å². The zero-order valence-electron chi connectivity index (χ0n) is 19.3. The molecule has 0 atom stereocenters. The number of fused-ring (bicyclic) bond motifs is 2. The van der Waals surface area contributed by atoms with Gasteiger partial charge in [0.05, 0.1) is 29.6 Å². The summed E-state index contributed by atoms with van der Waals surface area (Å²) in [6, 6.07) is 4.54. The van der Waals surface area contributed by atoms with Gasteiger partial charge in [0.1, 0.15) is 11.8 Å². The Balaban J connectivity index is 1.50. The number of hydrogen-bond acceptors (Lipinski definition) is 8. The topological polar surface area (TPSA) is 90.5 Å². The molecule has 5 rings (SSSR count). The molecule has 1 amide bonds. The minimum absolute atomic E-state index is 0.0281. The fraction of sp³-hybridized carbons (Fsp3) is 0.417. The summed E-state index contributed by atoms with van der Waals surface area (Å²) in [7, 11) is 0. The number of carbonyl (C=O) groups excluding carboxylic acids is 1. The maximum absolute atomic E-state index is 12.0. The molecule has 0 spiro atoms. The van der Waals surface area contributed by atoms with E-state index in [9.17, 15) is 4.79 Å². The number of H-pyrrole nitrogens is 1. The average Bonchev–Trinajstić information content (AvgIpc) is 3.23. The Hall–Kier alpha value is -3.27.